The smallest absolute Gasteiger partial charge is 0.255 e. The number of Topliss-reactive ketones (excluding diaryl/α,β-unsaturated/α-hetero) is 1. The summed E-state index contributed by atoms with van der Waals surface area (Å²) in [6.45, 7) is 1.26. The number of carbonyl (C=O) groups excluding carboxylic acids is 2. The van der Waals surface area contributed by atoms with Crippen molar-refractivity contribution < 1.29 is 9.59 Å². The van der Waals surface area contributed by atoms with Gasteiger partial charge in [0.2, 0.25) is 0 Å². The van der Waals surface area contributed by atoms with Crippen LogP contribution in [0, 0.1) is 5.92 Å². The summed E-state index contributed by atoms with van der Waals surface area (Å²) in [5.41, 5.74) is 2.65. The number of hydrogen-bond acceptors (Lipinski definition) is 4. The van der Waals surface area contributed by atoms with Crippen molar-refractivity contribution >= 4 is 23.0 Å². The van der Waals surface area contributed by atoms with Crippen LogP contribution in [0.4, 0.5) is 0 Å². The molecule has 0 saturated carbocycles. The number of aromatic nitrogens is 1. The molecule has 0 aromatic carbocycles. The molecule has 1 aliphatic carbocycles. The van der Waals surface area contributed by atoms with Crippen molar-refractivity contribution in [2.75, 3.05) is 13.1 Å². The van der Waals surface area contributed by atoms with E-state index in [0.717, 1.165) is 37.8 Å². The molecular weight excluding hydrogens is 332 g/mol. The van der Waals surface area contributed by atoms with Crippen LogP contribution in [0.1, 0.15) is 57.0 Å². The second-order valence-electron chi connectivity index (χ2n) is 6.93. The predicted molar refractivity (Wildman–Crippen MR) is 98.2 cm³/mol. The number of pyridine rings is 1. The summed E-state index contributed by atoms with van der Waals surface area (Å²) in [4.78, 5) is 33.2. The van der Waals surface area contributed by atoms with Crippen LogP contribution in [-0.2, 0) is 12.8 Å². The standard InChI is InChI=1S/C20H22N2O2S/c23-19(17-8-3-4-10-21-17)14-6-5-11-22(12-14)20(24)16-13-25-18-9-2-1-7-15(16)18/h3-4,8,10,13-14H,1-2,5-7,9,11-12H2. The van der Waals surface area contributed by atoms with Crippen molar-refractivity contribution in [3.63, 3.8) is 0 Å². The fourth-order valence-corrected chi connectivity index (χ4v) is 5.06. The zero-order valence-corrected chi connectivity index (χ0v) is 15.1. The van der Waals surface area contributed by atoms with Gasteiger partial charge >= 0.3 is 0 Å². The van der Waals surface area contributed by atoms with Crippen LogP contribution in [0.5, 0.6) is 0 Å². The Morgan fingerprint density at radius 1 is 1.16 bits per heavy atom. The highest BCUT2D eigenvalue weighted by Gasteiger charge is 2.31. The molecule has 4 rings (SSSR count). The molecule has 0 radical (unpaired) electrons. The van der Waals surface area contributed by atoms with Gasteiger partial charge in [-0.1, -0.05) is 6.07 Å². The fourth-order valence-electron chi connectivity index (χ4n) is 3.94. The van der Waals surface area contributed by atoms with Gasteiger partial charge in [-0.15, -0.1) is 11.3 Å². The average Bonchev–Trinajstić information content (AvgIpc) is 3.12. The largest absolute Gasteiger partial charge is 0.338 e. The van der Waals surface area contributed by atoms with E-state index < -0.39 is 0 Å². The predicted octanol–water partition coefficient (Wildman–Crippen LogP) is 3.76. The quantitative estimate of drug-likeness (QED) is 0.789. The lowest BCUT2D eigenvalue weighted by atomic mass is 9.90. The Morgan fingerprint density at radius 2 is 2.04 bits per heavy atom. The molecule has 3 heterocycles. The minimum absolute atomic E-state index is 0.0606. The van der Waals surface area contributed by atoms with Gasteiger partial charge in [0.15, 0.2) is 5.78 Å². The Labute approximate surface area is 151 Å². The number of rotatable bonds is 3. The molecule has 1 saturated heterocycles. The number of nitrogens with zero attached hydrogens (tertiary/aromatic N) is 2. The fraction of sp³-hybridized carbons (Fsp3) is 0.450. The van der Waals surface area contributed by atoms with Crippen LogP contribution in [0.3, 0.4) is 0 Å². The maximum Gasteiger partial charge on any atom is 0.255 e. The van der Waals surface area contributed by atoms with Crippen molar-refractivity contribution in [1.29, 1.82) is 0 Å². The molecule has 0 bridgehead atoms. The lowest BCUT2D eigenvalue weighted by molar-refractivity contribution is 0.0635. The van der Waals surface area contributed by atoms with Crippen LogP contribution in [0.2, 0.25) is 0 Å². The minimum Gasteiger partial charge on any atom is -0.338 e. The van der Waals surface area contributed by atoms with Crippen molar-refractivity contribution in [2.24, 2.45) is 5.92 Å². The Hall–Kier alpha value is -2.01. The van der Waals surface area contributed by atoms with Crippen LogP contribution in [0.15, 0.2) is 29.8 Å². The van der Waals surface area contributed by atoms with Gasteiger partial charge in [0.25, 0.3) is 5.91 Å². The van der Waals surface area contributed by atoms with Crippen molar-refractivity contribution in [3.8, 4) is 0 Å². The molecule has 1 aliphatic heterocycles. The van der Waals surface area contributed by atoms with Crippen LogP contribution in [-0.4, -0.2) is 34.7 Å². The Morgan fingerprint density at radius 3 is 2.88 bits per heavy atom. The number of fused-ring (bicyclic) bond motifs is 1. The molecule has 1 amide bonds. The summed E-state index contributed by atoms with van der Waals surface area (Å²) >= 11 is 1.72. The molecule has 5 heteroatoms. The highest BCUT2D eigenvalue weighted by atomic mass is 32.1. The second-order valence-corrected chi connectivity index (χ2v) is 7.89. The van der Waals surface area contributed by atoms with E-state index in [0.29, 0.717) is 12.2 Å². The summed E-state index contributed by atoms with van der Waals surface area (Å²) in [7, 11) is 0. The highest BCUT2D eigenvalue weighted by Crippen LogP contribution is 2.32. The Bertz CT molecular complexity index is 784. The van der Waals surface area contributed by atoms with Gasteiger partial charge in [-0.3, -0.25) is 14.6 Å². The van der Waals surface area contributed by atoms with Gasteiger partial charge < -0.3 is 4.90 Å². The Balaban J connectivity index is 1.50. The molecule has 2 aromatic heterocycles. The van der Waals surface area contributed by atoms with E-state index in [1.165, 1.54) is 23.3 Å². The zero-order chi connectivity index (χ0) is 17.2. The molecule has 1 unspecified atom stereocenters. The summed E-state index contributed by atoms with van der Waals surface area (Å²) in [5.74, 6) is 0.0328. The second kappa shape index (κ2) is 7.08. The first kappa shape index (κ1) is 16.5. The maximum atomic E-state index is 13.0. The van der Waals surface area contributed by atoms with E-state index in [1.54, 1.807) is 23.6 Å². The maximum absolute atomic E-state index is 13.0. The van der Waals surface area contributed by atoms with Gasteiger partial charge in [0.1, 0.15) is 5.69 Å². The first-order valence-corrected chi connectivity index (χ1v) is 9.96. The number of piperidine rings is 1. The number of carbonyl (C=O) groups is 2. The van der Waals surface area contributed by atoms with Crippen molar-refractivity contribution in [2.45, 2.75) is 38.5 Å². The number of aryl methyl sites for hydroxylation is 1. The third kappa shape index (κ3) is 3.25. The van der Waals surface area contributed by atoms with Crippen molar-refractivity contribution in [1.82, 2.24) is 9.88 Å². The number of hydrogen-bond donors (Lipinski definition) is 0. The SMILES string of the molecule is O=C(c1ccccn1)C1CCCN(C(=O)c2csc3c2CCCC3)C1. The van der Waals surface area contributed by atoms with Gasteiger partial charge in [-0.25, -0.2) is 0 Å². The first-order chi connectivity index (χ1) is 12.2. The number of likely N-dealkylation sites (tertiary alicyclic amines) is 1. The highest BCUT2D eigenvalue weighted by molar-refractivity contribution is 7.10. The molecule has 1 fully saturated rings. The third-order valence-corrected chi connectivity index (χ3v) is 6.38. The molecule has 25 heavy (non-hydrogen) atoms. The topological polar surface area (TPSA) is 50.3 Å². The van der Waals surface area contributed by atoms with E-state index in [9.17, 15) is 9.59 Å². The summed E-state index contributed by atoms with van der Waals surface area (Å²) in [6.07, 6.45) is 7.88. The third-order valence-electron chi connectivity index (χ3n) is 5.29. The van der Waals surface area contributed by atoms with Gasteiger partial charge in [0, 0.05) is 35.5 Å². The van der Waals surface area contributed by atoms with Gasteiger partial charge in [0.05, 0.1) is 5.56 Å². The average molecular weight is 354 g/mol. The number of ketones is 1. The van der Waals surface area contributed by atoms with E-state index in [-0.39, 0.29) is 17.6 Å². The van der Waals surface area contributed by atoms with Crippen LogP contribution in [0.25, 0.3) is 0 Å². The molecule has 0 N–H and O–H groups in total. The monoisotopic (exact) mass is 354 g/mol. The van der Waals surface area contributed by atoms with E-state index in [4.69, 9.17) is 0 Å². The lowest BCUT2D eigenvalue weighted by Crippen LogP contribution is -2.42. The zero-order valence-electron chi connectivity index (χ0n) is 14.2. The molecule has 4 nitrogen and oxygen atoms in total. The van der Waals surface area contributed by atoms with E-state index >= 15 is 0 Å². The molecular formula is C20H22N2O2S. The molecule has 2 aromatic rings. The summed E-state index contributed by atoms with van der Waals surface area (Å²) < 4.78 is 0. The van der Waals surface area contributed by atoms with E-state index in [1.807, 2.05) is 22.4 Å². The Kier molecular flexibility index (Phi) is 4.66. The van der Waals surface area contributed by atoms with Crippen LogP contribution >= 0.6 is 11.3 Å². The molecule has 130 valence electrons. The van der Waals surface area contributed by atoms with Gasteiger partial charge in [-0.2, -0.15) is 0 Å². The molecule has 1 atom stereocenters. The van der Waals surface area contributed by atoms with Crippen molar-refractivity contribution in [3.05, 3.63) is 51.5 Å². The first-order valence-electron chi connectivity index (χ1n) is 9.08. The molecule has 2 aliphatic rings. The minimum atomic E-state index is -0.137. The number of amides is 1. The number of thiophene rings is 1. The summed E-state index contributed by atoms with van der Waals surface area (Å²) in [6, 6.07) is 5.41. The van der Waals surface area contributed by atoms with Gasteiger partial charge in [-0.05, 0) is 56.2 Å². The van der Waals surface area contributed by atoms with Crippen LogP contribution < -0.4 is 0 Å². The normalized spacial score (nSPS) is 20.2. The lowest BCUT2D eigenvalue weighted by Gasteiger charge is -2.32. The van der Waals surface area contributed by atoms with E-state index in [2.05, 4.69) is 4.98 Å². The molecule has 0 spiro atoms. The summed E-state index contributed by atoms with van der Waals surface area (Å²) in [5, 5.41) is 2.03.